The number of nitrogens with zero attached hydrogens (tertiary/aromatic N) is 1. The zero-order valence-corrected chi connectivity index (χ0v) is 15.3. The Bertz CT molecular complexity index is 624. The number of ether oxygens (including phenoxy) is 2. The van der Waals surface area contributed by atoms with Gasteiger partial charge in [-0.05, 0) is 38.3 Å². The summed E-state index contributed by atoms with van der Waals surface area (Å²) in [7, 11) is 1.84. The number of aliphatic imine (C=N–C) groups is 1. The summed E-state index contributed by atoms with van der Waals surface area (Å²) in [4.78, 5) is 4.40. The highest BCUT2D eigenvalue weighted by Crippen LogP contribution is 2.62. The molecule has 25 heavy (non-hydrogen) atoms. The van der Waals surface area contributed by atoms with E-state index in [2.05, 4.69) is 34.7 Å². The number of hydrogen-bond donors (Lipinski definition) is 2. The van der Waals surface area contributed by atoms with Gasteiger partial charge in [0.2, 0.25) is 0 Å². The molecule has 5 nitrogen and oxygen atoms in total. The first-order valence-electron chi connectivity index (χ1n) is 9.51. The van der Waals surface area contributed by atoms with Gasteiger partial charge in [0.05, 0.1) is 12.6 Å². The van der Waals surface area contributed by atoms with E-state index in [1.165, 1.54) is 31.2 Å². The predicted molar refractivity (Wildman–Crippen MR) is 99.1 cm³/mol. The van der Waals surface area contributed by atoms with Crippen LogP contribution in [0.2, 0.25) is 0 Å². The van der Waals surface area contributed by atoms with Crippen molar-refractivity contribution >= 4 is 5.96 Å². The van der Waals surface area contributed by atoms with Gasteiger partial charge in [0, 0.05) is 31.0 Å². The van der Waals surface area contributed by atoms with Gasteiger partial charge in [-0.3, -0.25) is 4.99 Å². The van der Waals surface area contributed by atoms with Gasteiger partial charge in [-0.1, -0.05) is 24.1 Å². The van der Waals surface area contributed by atoms with Crippen LogP contribution in [0.3, 0.4) is 0 Å². The lowest BCUT2D eigenvalue weighted by atomic mass is 9.46. The Hall–Kier alpha value is -1.75. The van der Waals surface area contributed by atoms with Gasteiger partial charge >= 0.3 is 0 Å². The largest absolute Gasteiger partial charge is 0.492 e. The van der Waals surface area contributed by atoms with Crippen molar-refractivity contribution in [1.82, 2.24) is 10.6 Å². The number of benzene rings is 1. The molecule has 0 bridgehead atoms. The monoisotopic (exact) mass is 343 g/mol. The lowest BCUT2D eigenvalue weighted by Gasteiger charge is -2.63. The SMILES string of the molecule is CN=C(NCCOc1ccc(C)cc1)NC1C2CCOC2C12CCC2. The molecule has 5 heteroatoms. The van der Waals surface area contributed by atoms with E-state index in [0.29, 0.717) is 30.1 Å². The van der Waals surface area contributed by atoms with Crippen LogP contribution < -0.4 is 15.4 Å². The van der Waals surface area contributed by atoms with Crippen molar-refractivity contribution in [3.63, 3.8) is 0 Å². The molecule has 136 valence electrons. The summed E-state index contributed by atoms with van der Waals surface area (Å²) in [5.74, 6) is 2.45. The van der Waals surface area contributed by atoms with E-state index in [-0.39, 0.29) is 0 Å². The van der Waals surface area contributed by atoms with Crippen molar-refractivity contribution in [2.45, 2.75) is 44.8 Å². The summed E-state index contributed by atoms with van der Waals surface area (Å²) in [5, 5.41) is 7.07. The molecule has 3 atom stereocenters. The van der Waals surface area contributed by atoms with Gasteiger partial charge in [0.15, 0.2) is 5.96 Å². The maximum absolute atomic E-state index is 5.99. The molecule has 2 saturated carbocycles. The number of rotatable bonds is 5. The van der Waals surface area contributed by atoms with E-state index in [9.17, 15) is 0 Å². The van der Waals surface area contributed by atoms with Crippen LogP contribution in [0.1, 0.15) is 31.2 Å². The topological polar surface area (TPSA) is 54.9 Å². The first-order chi connectivity index (χ1) is 12.2. The average molecular weight is 343 g/mol. The molecule has 2 N–H and O–H groups in total. The van der Waals surface area contributed by atoms with Crippen LogP contribution in [-0.4, -0.2) is 44.9 Å². The molecule has 0 aromatic heterocycles. The summed E-state index contributed by atoms with van der Waals surface area (Å²) in [6, 6.07) is 8.67. The van der Waals surface area contributed by atoms with Gasteiger partial charge in [0.1, 0.15) is 12.4 Å². The van der Waals surface area contributed by atoms with Crippen LogP contribution >= 0.6 is 0 Å². The molecular weight excluding hydrogens is 314 g/mol. The summed E-state index contributed by atoms with van der Waals surface area (Å²) in [6.45, 7) is 4.36. The highest BCUT2D eigenvalue weighted by Gasteiger charge is 2.66. The smallest absolute Gasteiger partial charge is 0.191 e. The molecule has 1 saturated heterocycles. The fourth-order valence-electron chi connectivity index (χ4n) is 4.77. The van der Waals surface area contributed by atoms with Crippen molar-refractivity contribution in [3.05, 3.63) is 29.8 Å². The van der Waals surface area contributed by atoms with E-state index >= 15 is 0 Å². The number of fused-ring (bicyclic) bond motifs is 2. The molecule has 3 fully saturated rings. The zero-order valence-electron chi connectivity index (χ0n) is 15.3. The summed E-state index contributed by atoms with van der Waals surface area (Å²) in [5.41, 5.74) is 1.62. The molecule has 1 spiro atoms. The lowest BCUT2D eigenvalue weighted by Crippen LogP contribution is -2.72. The predicted octanol–water partition coefficient (Wildman–Crippen LogP) is 2.50. The summed E-state index contributed by atoms with van der Waals surface area (Å²) in [6.07, 6.45) is 5.58. The number of nitrogens with one attached hydrogen (secondary N) is 2. The Morgan fingerprint density at radius 1 is 1.32 bits per heavy atom. The minimum atomic E-state index is 0.372. The number of guanidine groups is 1. The normalized spacial score (nSPS) is 29.5. The van der Waals surface area contributed by atoms with Crippen molar-refractivity contribution < 1.29 is 9.47 Å². The van der Waals surface area contributed by atoms with Gasteiger partial charge in [-0.2, -0.15) is 0 Å². The first-order valence-corrected chi connectivity index (χ1v) is 9.51. The second-order valence-corrected chi connectivity index (χ2v) is 7.61. The Morgan fingerprint density at radius 2 is 2.12 bits per heavy atom. The van der Waals surface area contributed by atoms with E-state index in [1.807, 2.05) is 19.2 Å². The third kappa shape index (κ3) is 2.99. The van der Waals surface area contributed by atoms with Crippen LogP contribution in [0.5, 0.6) is 5.75 Å². The molecule has 2 aliphatic carbocycles. The van der Waals surface area contributed by atoms with Crippen molar-refractivity contribution in [2.24, 2.45) is 16.3 Å². The second-order valence-electron chi connectivity index (χ2n) is 7.61. The van der Waals surface area contributed by atoms with E-state index < -0.39 is 0 Å². The molecular formula is C20H29N3O2. The van der Waals surface area contributed by atoms with Crippen molar-refractivity contribution in [1.29, 1.82) is 0 Å². The number of aryl methyl sites for hydroxylation is 1. The van der Waals surface area contributed by atoms with Crippen LogP contribution in [0, 0.1) is 18.3 Å². The van der Waals surface area contributed by atoms with Crippen LogP contribution in [0.25, 0.3) is 0 Å². The Morgan fingerprint density at radius 3 is 2.80 bits per heavy atom. The Labute approximate surface area is 150 Å². The van der Waals surface area contributed by atoms with Gasteiger partial charge in [-0.25, -0.2) is 0 Å². The maximum Gasteiger partial charge on any atom is 0.191 e. The highest BCUT2D eigenvalue weighted by atomic mass is 16.5. The molecule has 1 aliphatic heterocycles. The Balaban J connectivity index is 1.25. The minimum Gasteiger partial charge on any atom is -0.492 e. The molecule has 1 aromatic carbocycles. The van der Waals surface area contributed by atoms with Crippen molar-refractivity contribution in [2.75, 3.05) is 26.8 Å². The van der Waals surface area contributed by atoms with Crippen LogP contribution in [-0.2, 0) is 4.74 Å². The molecule has 0 amide bonds. The van der Waals surface area contributed by atoms with Gasteiger partial charge in [-0.15, -0.1) is 0 Å². The lowest BCUT2D eigenvalue weighted by molar-refractivity contribution is -0.171. The quantitative estimate of drug-likeness (QED) is 0.490. The second kappa shape index (κ2) is 6.87. The molecule has 3 aliphatic rings. The van der Waals surface area contributed by atoms with Crippen LogP contribution in [0.15, 0.2) is 29.3 Å². The third-order valence-corrected chi connectivity index (χ3v) is 6.24. The van der Waals surface area contributed by atoms with Crippen molar-refractivity contribution in [3.8, 4) is 5.75 Å². The van der Waals surface area contributed by atoms with Crippen LogP contribution in [0.4, 0.5) is 0 Å². The molecule has 3 unspecified atom stereocenters. The summed E-state index contributed by atoms with van der Waals surface area (Å²) >= 11 is 0. The van der Waals surface area contributed by atoms with Gasteiger partial charge < -0.3 is 20.1 Å². The maximum atomic E-state index is 5.99. The molecule has 1 heterocycles. The van der Waals surface area contributed by atoms with E-state index in [1.54, 1.807) is 0 Å². The standard InChI is InChI=1S/C20H29N3O2/c1-14-4-6-15(7-5-14)24-13-11-22-19(21-2)23-17-16-8-12-25-18(16)20(17)9-3-10-20/h4-7,16-18H,3,8-13H2,1-2H3,(H2,21,22,23). The number of hydrogen-bond acceptors (Lipinski definition) is 3. The average Bonchev–Trinajstić information content (AvgIpc) is 2.99. The van der Waals surface area contributed by atoms with E-state index in [0.717, 1.165) is 24.9 Å². The zero-order chi connectivity index (χ0) is 17.3. The summed E-state index contributed by atoms with van der Waals surface area (Å²) < 4.78 is 11.8. The first kappa shape index (κ1) is 16.7. The fourth-order valence-corrected chi connectivity index (χ4v) is 4.77. The fraction of sp³-hybridized carbons (Fsp3) is 0.650. The molecule has 1 aromatic rings. The Kier molecular flexibility index (Phi) is 4.59. The molecule has 0 radical (unpaired) electrons. The highest BCUT2D eigenvalue weighted by molar-refractivity contribution is 5.80. The van der Waals surface area contributed by atoms with E-state index in [4.69, 9.17) is 9.47 Å². The minimum absolute atomic E-state index is 0.372. The van der Waals surface area contributed by atoms with Gasteiger partial charge in [0.25, 0.3) is 0 Å². The third-order valence-electron chi connectivity index (χ3n) is 6.24. The molecule has 4 rings (SSSR count).